The number of hydrogen-bond acceptors (Lipinski definition) is 7. The third kappa shape index (κ3) is 3.38. The number of furan rings is 1. The first-order valence-electron chi connectivity index (χ1n) is 7.74. The van der Waals surface area contributed by atoms with Crippen LogP contribution < -0.4 is 5.63 Å². The van der Waals surface area contributed by atoms with Crippen molar-refractivity contribution in [3.63, 3.8) is 0 Å². The highest BCUT2D eigenvalue weighted by molar-refractivity contribution is 7.98. The maximum Gasteiger partial charge on any atom is 0.336 e. The third-order valence-corrected chi connectivity index (χ3v) is 5.26. The fourth-order valence-corrected chi connectivity index (χ4v) is 3.59. The van der Waals surface area contributed by atoms with Gasteiger partial charge in [0.15, 0.2) is 0 Å². The molecule has 0 fully saturated rings. The summed E-state index contributed by atoms with van der Waals surface area (Å²) in [5.74, 6) is 1.26. The van der Waals surface area contributed by atoms with Gasteiger partial charge in [0.2, 0.25) is 5.16 Å². The van der Waals surface area contributed by atoms with Crippen LogP contribution in [0.1, 0.15) is 16.9 Å². The monoisotopic (exact) mass is 388 g/mol. The lowest BCUT2D eigenvalue weighted by molar-refractivity contribution is 0.462. The minimum atomic E-state index is -0.398. The van der Waals surface area contributed by atoms with Gasteiger partial charge in [-0.05, 0) is 52.7 Å². The van der Waals surface area contributed by atoms with Crippen molar-refractivity contribution in [1.29, 1.82) is 0 Å². The van der Waals surface area contributed by atoms with Crippen LogP contribution in [0.5, 0.6) is 0 Å². The molecule has 1 aromatic carbocycles. The molecule has 3 aromatic heterocycles. The van der Waals surface area contributed by atoms with E-state index in [1.165, 1.54) is 17.8 Å². The highest BCUT2D eigenvalue weighted by atomic mass is 35.5. The van der Waals surface area contributed by atoms with Gasteiger partial charge in [-0.1, -0.05) is 23.4 Å². The highest BCUT2D eigenvalue weighted by Gasteiger charge is 2.13. The van der Waals surface area contributed by atoms with Gasteiger partial charge in [0.05, 0.1) is 6.26 Å². The number of tetrazole rings is 1. The molecule has 132 valence electrons. The number of aryl methyl sites for hydroxylation is 1. The molecule has 0 unspecified atom stereocenters. The lowest BCUT2D eigenvalue weighted by atomic mass is 10.1. The van der Waals surface area contributed by atoms with Crippen LogP contribution in [0.3, 0.4) is 0 Å². The molecule has 9 heteroatoms. The smallest absolute Gasteiger partial charge is 0.336 e. The Balaban J connectivity index is 1.62. The summed E-state index contributed by atoms with van der Waals surface area (Å²) < 4.78 is 12.3. The summed E-state index contributed by atoms with van der Waals surface area (Å²) in [6.07, 6.45) is 1.60. The summed E-state index contributed by atoms with van der Waals surface area (Å²) in [4.78, 5) is 11.9. The predicted octanol–water partition coefficient (Wildman–Crippen LogP) is 3.67. The Morgan fingerprint density at radius 2 is 2.19 bits per heavy atom. The summed E-state index contributed by atoms with van der Waals surface area (Å²) in [5.41, 5.74) is 1.79. The van der Waals surface area contributed by atoms with Crippen LogP contribution in [0.4, 0.5) is 0 Å². The average Bonchev–Trinajstić information content (AvgIpc) is 3.27. The van der Waals surface area contributed by atoms with Crippen molar-refractivity contribution in [1.82, 2.24) is 20.2 Å². The molecule has 0 saturated carbocycles. The van der Waals surface area contributed by atoms with Crippen molar-refractivity contribution in [3.8, 4) is 0 Å². The van der Waals surface area contributed by atoms with E-state index >= 15 is 0 Å². The SMILES string of the molecule is Cc1cc2oc(=O)cc(CSc3nnnn3Cc3ccco3)c2cc1Cl. The molecule has 0 aliphatic rings. The molecule has 0 aliphatic heterocycles. The summed E-state index contributed by atoms with van der Waals surface area (Å²) in [6, 6.07) is 8.73. The number of benzene rings is 1. The Morgan fingerprint density at radius 3 is 3.00 bits per heavy atom. The van der Waals surface area contributed by atoms with Gasteiger partial charge in [0.1, 0.15) is 17.9 Å². The summed E-state index contributed by atoms with van der Waals surface area (Å²) >= 11 is 7.65. The zero-order valence-electron chi connectivity index (χ0n) is 13.7. The van der Waals surface area contributed by atoms with Crippen molar-refractivity contribution >= 4 is 34.3 Å². The second-order valence-electron chi connectivity index (χ2n) is 5.68. The van der Waals surface area contributed by atoms with E-state index in [0.717, 1.165) is 22.3 Å². The lowest BCUT2D eigenvalue weighted by Gasteiger charge is -2.07. The normalized spacial score (nSPS) is 11.3. The fraction of sp³-hybridized carbons (Fsp3) is 0.176. The maximum atomic E-state index is 11.9. The molecule has 0 amide bonds. The Labute approximate surface area is 156 Å². The molecule has 0 bridgehead atoms. The Hall–Kier alpha value is -2.58. The molecule has 3 heterocycles. The lowest BCUT2D eigenvalue weighted by Crippen LogP contribution is -2.04. The van der Waals surface area contributed by atoms with E-state index < -0.39 is 5.63 Å². The zero-order valence-corrected chi connectivity index (χ0v) is 15.3. The molecule has 0 atom stereocenters. The van der Waals surface area contributed by atoms with Gasteiger partial charge >= 0.3 is 5.63 Å². The van der Waals surface area contributed by atoms with Gasteiger partial charge in [0.25, 0.3) is 0 Å². The van der Waals surface area contributed by atoms with Crippen LogP contribution in [-0.2, 0) is 12.3 Å². The van der Waals surface area contributed by atoms with Gasteiger partial charge in [-0.15, -0.1) is 5.10 Å². The Bertz CT molecular complexity index is 1120. The first kappa shape index (κ1) is 16.9. The largest absolute Gasteiger partial charge is 0.467 e. The van der Waals surface area contributed by atoms with Crippen LogP contribution in [0, 0.1) is 6.92 Å². The molecule has 4 aromatic rings. The third-order valence-electron chi connectivity index (χ3n) is 3.85. The summed E-state index contributed by atoms with van der Waals surface area (Å²) in [7, 11) is 0. The van der Waals surface area contributed by atoms with Gasteiger partial charge in [-0.2, -0.15) is 0 Å². The van der Waals surface area contributed by atoms with Crippen molar-refractivity contribution in [2.24, 2.45) is 0 Å². The second-order valence-corrected chi connectivity index (χ2v) is 7.03. The molecule has 0 radical (unpaired) electrons. The number of halogens is 1. The molecule has 0 spiro atoms. The zero-order chi connectivity index (χ0) is 18.1. The molecule has 0 N–H and O–H groups in total. The molecule has 0 aliphatic carbocycles. The van der Waals surface area contributed by atoms with Crippen molar-refractivity contribution < 1.29 is 8.83 Å². The highest BCUT2D eigenvalue weighted by Crippen LogP contribution is 2.29. The van der Waals surface area contributed by atoms with E-state index in [4.69, 9.17) is 20.4 Å². The van der Waals surface area contributed by atoms with Crippen LogP contribution in [0.25, 0.3) is 11.0 Å². The quantitative estimate of drug-likeness (QED) is 0.380. The van der Waals surface area contributed by atoms with Crippen LogP contribution in [-0.4, -0.2) is 20.2 Å². The van der Waals surface area contributed by atoms with Gasteiger partial charge in [-0.3, -0.25) is 0 Å². The summed E-state index contributed by atoms with van der Waals surface area (Å²) in [6.45, 7) is 2.30. The number of thioether (sulfide) groups is 1. The van der Waals surface area contributed by atoms with Gasteiger partial charge < -0.3 is 8.83 Å². The summed E-state index contributed by atoms with van der Waals surface area (Å²) in [5, 5.41) is 13.8. The van der Waals surface area contributed by atoms with Crippen molar-refractivity contribution in [2.45, 2.75) is 24.4 Å². The first-order valence-corrected chi connectivity index (χ1v) is 9.11. The minimum absolute atomic E-state index is 0.398. The maximum absolute atomic E-state index is 11.9. The number of nitrogens with zero attached hydrogens (tertiary/aromatic N) is 4. The molecule has 0 saturated heterocycles. The standard InChI is InChI=1S/C17H13ClN4O3S/c1-10-5-15-13(7-14(10)18)11(6-16(23)25-15)9-26-17-19-20-21-22(17)8-12-3-2-4-24-12/h2-7H,8-9H2,1H3. The van der Waals surface area contributed by atoms with E-state index in [1.807, 2.05) is 25.1 Å². The second kappa shape index (κ2) is 6.97. The van der Waals surface area contributed by atoms with Crippen molar-refractivity contribution in [3.05, 3.63) is 68.9 Å². The molecular formula is C17H13ClN4O3S. The van der Waals surface area contributed by atoms with Gasteiger partial charge in [-0.25, -0.2) is 9.48 Å². The predicted molar refractivity (Wildman–Crippen MR) is 97.4 cm³/mol. The molecule has 4 rings (SSSR count). The number of fused-ring (bicyclic) bond motifs is 1. The van der Waals surface area contributed by atoms with Gasteiger partial charge in [0, 0.05) is 22.2 Å². The van der Waals surface area contributed by atoms with E-state index in [9.17, 15) is 4.79 Å². The van der Waals surface area contributed by atoms with E-state index in [1.54, 1.807) is 17.0 Å². The fourth-order valence-electron chi connectivity index (χ4n) is 2.56. The number of aromatic nitrogens is 4. The van der Waals surface area contributed by atoms with E-state index in [-0.39, 0.29) is 0 Å². The Morgan fingerprint density at radius 1 is 1.31 bits per heavy atom. The average molecular weight is 389 g/mol. The Kier molecular flexibility index (Phi) is 4.52. The van der Waals surface area contributed by atoms with Crippen LogP contribution in [0.2, 0.25) is 5.02 Å². The number of rotatable bonds is 5. The van der Waals surface area contributed by atoms with Crippen LogP contribution in [0.15, 0.2) is 55.4 Å². The first-order chi connectivity index (χ1) is 12.6. The molecule has 26 heavy (non-hydrogen) atoms. The molecular weight excluding hydrogens is 376 g/mol. The van der Waals surface area contributed by atoms with Crippen molar-refractivity contribution in [2.75, 3.05) is 0 Å². The molecule has 7 nitrogen and oxygen atoms in total. The van der Waals surface area contributed by atoms with Crippen LogP contribution >= 0.6 is 23.4 Å². The van der Waals surface area contributed by atoms with E-state index in [0.29, 0.717) is 28.1 Å². The topological polar surface area (TPSA) is 87.0 Å². The minimum Gasteiger partial charge on any atom is -0.467 e. The number of hydrogen-bond donors (Lipinski definition) is 0. The van der Waals surface area contributed by atoms with E-state index in [2.05, 4.69) is 15.5 Å².